The molecule has 3 aliphatic rings. The molecule has 5 rings (SSSR count). The van der Waals surface area contributed by atoms with Crippen molar-refractivity contribution in [3.63, 3.8) is 0 Å². The lowest BCUT2D eigenvalue weighted by molar-refractivity contribution is -0.147. The third-order valence-corrected chi connectivity index (χ3v) is 7.79. The summed E-state index contributed by atoms with van der Waals surface area (Å²) in [7, 11) is 0. The van der Waals surface area contributed by atoms with E-state index in [9.17, 15) is 39.6 Å². The van der Waals surface area contributed by atoms with E-state index < -0.39 is 52.0 Å². The number of aliphatic hydroxyl groups is 3. The van der Waals surface area contributed by atoms with E-state index in [0.717, 1.165) is 0 Å². The molecule has 10 nitrogen and oxygen atoms in total. The number of primary amides is 1. The SMILES string of the molecule is NC(=O)C1=C(O)C2(O)C(=O)C3=C(O)c4c(O)ccc(-c5ccc(NC(=O)CCl)cc5)c4CC3CC2CC1=O. The Hall–Kier alpha value is -4.15. The minimum absolute atomic E-state index is 0.00847. The van der Waals surface area contributed by atoms with Crippen LogP contribution in [0.4, 0.5) is 5.69 Å². The van der Waals surface area contributed by atoms with Crippen LogP contribution >= 0.6 is 11.6 Å². The van der Waals surface area contributed by atoms with Crippen molar-refractivity contribution in [3.05, 3.63) is 64.4 Å². The maximum Gasteiger partial charge on any atom is 0.255 e. The van der Waals surface area contributed by atoms with Gasteiger partial charge in [-0.1, -0.05) is 18.2 Å². The lowest BCUT2D eigenvalue weighted by atomic mass is 9.59. The lowest BCUT2D eigenvalue weighted by Crippen LogP contribution is -2.58. The Morgan fingerprint density at radius 3 is 2.37 bits per heavy atom. The molecule has 3 atom stereocenters. The largest absolute Gasteiger partial charge is 0.508 e. The van der Waals surface area contributed by atoms with Crippen LogP contribution in [-0.4, -0.2) is 55.3 Å². The Morgan fingerprint density at radius 1 is 1.05 bits per heavy atom. The maximum absolute atomic E-state index is 13.6. The number of ketones is 2. The van der Waals surface area contributed by atoms with E-state index in [0.29, 0.717) is 22.4 Å². The van der Waals surface area contributed by atoms with Gasteiger partial charge in [-0.3, -0.25) is 19.2 Å². The number of aromatic hydroxyl groups is 1. The smallest absolute Gasteiger partial charge is 0.255 e. The predicted molar refractivity (Wildman–Crippen MR) is 136 cm³/mol. The molecule has 1 saturated carbocycles. The highest BCUT2D eigenvalue weighted by Gasteiger charge is 2.60. The fraction of sp³-hybridized carbons (Fsp3) is 0.259. The summed E-state index contributed by atoms with van der Waals surface area (Å²) in [5.41, 5.74) is 4.02. The van der Waals surface area contributed by atoms with Gasteiger partial charge in [-0.05, 0) is 53.6 Å². The van der Waals surface area contributed by atoms with Gasteiger partial charge in [0.1, 0.15) is 28.7 Å². The van der Waals surface area contributed by atoms with Gasteiger partial charge < -0.3 is 31.5 Å². The quantitative estimate of drug-likeness (QED) is 0.252. The zero-order valence-corrected chi connectivity index (χ0v) is 20.6. The Bertz CT molecular complexity index is 1490. The number of Topliss-reactive ketones (excluding diaryl/α,β-unsaturated/α-hetero) is 2. The highest BCUT2D eigenvalue weighted by molar-refractivity contribution is 6.29. The van der Waals surface area contributed by atoms with Gasteiger partial charge in [-0.15, -0.1) is 11.6 Å². The monoisotopic (exact) mass is 538 g/mol. The molecule has 2 amide bonds. The molecule has 1 fully saturated rings. The van der Waals surface area contributed by atoms with Gasteiger partial charge in [0.25, 0.3) is 5.91 Å². The number of hydrogen-bond donors (Lipinski definition) is 6. The van der Waals surface area contributed by atoms with Gasteiger partial charge in [-0.25, -0.2) is 0 Å². The number of benzene rings is 2. The van der Waals surface area contributed by atoms with Gasteiger partial charge in [-0.2, -0.15) is 0 Å². The lowest BCUT2D eigenvalue weighted by Gasteiger charge is -2.46. The van der Waals surface area contributed by atoms with Crippen molar-refractivity contribution >= 4 is 46.4 Å². The molecule has 0 spiro atoms. The zero-order chi connectivity index (χ0) is 27.5. The number of nitrogens with two attached hydrogens (primary N) is 1. The fourth-order valence-electron chi connectivity index (χ4n) is 5.82. The van der Waals surface area contributed by atoms with Crippen LogP contribution in [0.25, 0.3) is 16.9 Å². The summed E-state index contributed by atoms with van der Waals surface area (Å²) in [5.74, 6) is -7.29. The van der Waals surface area contributed by atoms with E-state index in [1.165, 1.54) is 6.07 Å². The maximum atomic E-state index is 13.6. The van der Waals surface area contributed by atoms with E-state index in [2.05, 4.69) is 5.32 Å². The number of hydrogen-bond acceptors (Lipinski definition) is 8. The molecular weight excluding hydrogens is 516 g/mol. The number of carbonyl (C=O) groups is 4. The zero-order valence-electron chi connectivity index (χ0n) is 19.8. The van der Waals surface area contributed by atoms with Gasteiger partial charge in [0.2, 0.25) is 11.7 Å². The number of nitrogens with one attached hydrogen (secondary N) is 1. The molecule has 0 aromatic heterocycles. The molecule has 3 unspecified atom stereocenters. The molecule has 0 radical (unpaired) electrons. The topological polar surface area (TPSA) is 187 Å². The molecular formula is C27H23ClN2O8. The van der Waals surface area contributed by atoms with Crippen molar-refractivity contribution in [1.29, 1.82) is 0 Å². The number of phenols is 1. The first-order valence-corrected chi connectivity index (χ1v) is 12.3. The van der Waals surface area contributed by atoms with Crippen molar-refractivity contribution in [2.45, 2.75) is 24.9 Å². The molecule has 3 aliphatic carbocycles. The van der Waals surface area contributed by atoms with Gasteiger partial charge in [0.15, 0.2) is 11.4 Å². The van der Waals surface area contributed by atoms with Gasteiger partial charge >= 0.3 is 0 Å². The average Bonchev–Trinajstić information content (AvgIpc) is 2.86. The Labute approximate surface area is 221 Å². The summed E-state index contributed by atoms with van der Waals surface area (Å²) in [6.45, 7) is 0. The van der Waals surface area contributed by atoms with Crippen molar-refractivity contribution in [2.24, 2.45) is 17.6 Å². The molecule has 0 heterocycles. The van der Waals surface area contributed by atoms with E-state index in [1.54, 1.807) is 30.3 Å². The fourth-order valence-corrected chi connectivity index (χ4v) is 5.89. The first kappa shape index (κ1) is 25.5. The highest BCUT2D eigenvalue weighted by atomic mass is 35.5. The van der Waals surface area contributed by atoms with Crippen LogP contribution in [-0.2, 0) is 25.6 Å². The Morgan fingerprint density at radius 2 is 1.74 bits per heavy atom. The number of aliphatic hydroxyl groups excluding tert-OH is 2. The van der Waals surface area contributed by atoms with Crippen LogP contribution in [0.5, 0.6) is 5.75 Å². The van der Waals surface area contributed by atoms with Crippen molar-refractivity contribution < 1.29 is 39.6 Å². The van der Waals surface area contributed by atoms with Crippen molar-refractivity contribution in [1.82, 2.24) is 0 Å². The number of alkyl halides is 1. The molecule has 11 heteroatoms. The number of rotatable bonds is 4. The minimum Gasteiger partial charge on any atom is -0.508 e. The first-order valence-electron chi connectivity index (χ1n) is 11.8. The number of fused-ring (bicyclic) bond motifs is 3. The van der Waals surface area contributed by atoms with Crippen LogP contribution in [0.1, 0.15) is 24.0 Å². The second kappa shape index (κ2) is 9.00. The molecule has 0 bridgehead atoms. The Kier molecular flexibility index (Phi) is 6.04. The second-order valence-electron chi connectivity index (χ2n) is 9.65. The van der Waals surface area contributed by atoms with E-state index in [-0.39, 0.29) is 47.9 Å². The molecule has 38 heavy (non-hydrogen) atoms. The number of phenolic OH excluding ortho intramolecular Hbond substituents is 1. The van der Waals surface area contributed by atoms with Crippen LogP contribution in [0.3, 0.4) is 0 Å². The summed E-state index contributed by atoms with van der Waals surface area (Å²) in [6, 6.07) is 9.86. The molecule has 2 aromatic carbocycles. The highest BCUT2D eigenvalue weighted by Crippen LogP contribution is 2.53. The number of anilines is 1. The van der Waals surface area contributed by atoms with E-state index in [4.69, 9.17) is 17.3 Å². The van der Waals surface area contributed by atoms with Crippen LogP contribution < -0.4 is 11.1 Å². The number of amides is 2. The van der Waals surface area contributed by atoms with Crippen molar-refractivity contribution in [2.75, 3.05) is 11.2 Å². The molecule has 2 aromatic rings. The molecule has 7 N–H and O–H groups in total. The van der Waals surface area contributed by atoms with Crippen molar-refractivity contribution in [3.8, 4) is 16.9 Å². The first-order chi connectivity index (χ1) is 18.0. The Balaban J connectivity index is 1.61. The third-order valence-electron chi connectivity index (χ3n) is 7.55. The van der Waals surface area contributed by atoms with E-state index >= 15 is 0 Å². The predicted octanol–water partition coefficient (Wildman–Crippen LogP) is 2.27. The summed E-state index contributed by atoms with van der Waals surface area (Å²) in [4.78, 5) is 49.4. The third kappa shape index (κ3) is 3.67. The summed E-state index contributed by atoms with van der Waals surface area (Å²) in [6.07, 6.45) is -0.158. The normalized spacial score (nSPS) is 24.5. The standard InChI is InChI=1S/C27H23ClN2O8/c28-10-19(33)30-14-3-1-11(2-4-14)15-5-6-17(31)21-16(15)8-12-7-13-9-18(32)22(26(29)37)25(36)27(13,38)24(35)20(12)23(21)34/h1-6,12-13,31,34,36,38H,7-10H2,(H2,29,37)(H,30,33). The van der Waals surface area contributed by atoms with Gasteiger partial charge in [0.05, 0.1) is 5.56 Å². The summed E-state index contributed by atoms with van der Waals surface area (Å²) < 4.78 is 0. The number of carbonyl (C=O) groups excluding carboxylic acids is 4. The average molecular weight is 539 g/mol. The molecule has 0 aliphatic heterocycles. The van der Waals surface area contributed by atoms with Gasteiger partial charge in [0, 0.05) is 23.6 Å². The summed E-state index contributed by atoms with van der Waals surface area (Å²) in [5, 5.41) is 46.5. The van der Waals surface area contributed by atoms with E-state index in [1.807, 2.05) is 0 Å². The number of halogens is 1. The van der Waals surface area contributed by atoms with Crippen LogP contribution in [0.15, 0.2) is 53.3 Å². The van der Waals surface area contributed by atoms with Crippen LogP contribution in [0.2, 0.25) is 0 Å². The second-order valence-corrected chi connectivity index (χ2v) is 9.92. The summed E-state index contributed by atoms with van der Waals surface area (Å²) >= 11 is 5.53. The van der Waals surface area contributed by atoms with Crippen LogP contribution in [0, 0.1) is 11.8 Å². The minimum atomic E-state index is -2.61. The molecule has 0 saturated heterocycles. The molecule has 196 valence electrons.